The quantitative estimate of drug-likeness (QED) is 0.527. The van der Waals surface area contributed by atoms with Crippen LogP contribution in [0.4, 0.5) is 0 Å². The van der Waals surface area contributed by atoms with E-state index in [-0.39, 0.29) is 0 Å². The fourth-order valence-corrected chi connectivity index (χ4v) is 3.27. The number of benzene rings is 3. The first-order valence-electron chi connectivity index (χ1n) is 9.21. The first-order chi connectivity index (χ1) is 13.8. The molecule has 5 nitrogen and oxygen atoms in total. The molecular formula is C23H22N2O3. The predicted molar refractivity (Wildman–Crippen MR) is 109 cm³/mol. The molecule has 1 unspecified atom stereocenters. The molecule has 5 heteroatoms. The second-order valence-corrected chi connectivity index (χ2v) is 6.45. The first kappa shape index (κ1) is 18.1. The number of aliphatic hydroxyl groups is 1. The summed E-state index contributed by atoms with van der Waals surface area (Å²) in [6.07, 6.45) is -0.801. The number of rotatable bonds is 7. The van der Waals surface area contributed by atoms with E-state index in [0.717, 1.165) is 28.1 Å². The van der Waals surface area contributed by atoms with Crippen molar-refractivity contribution in [1.82, 2.24) is 9.55 Å². The summed E-state index contributed by atoms with van der Waals surface area (Å²) in [6, 6.07) is 25.0. The van der Waals surface area contributed by atoms with E-state index in [1.54, 1.807) is 7.11 Å². The van der Waals surface area contributed by atoms with Crippen molar-refractivity contribution in [3.05, 3.63) is 90.3 Å². The third-order valence-corrected chi connectivity index (χ3v) is 4.67. The van der Waals surface area contributed by atoms with Crippen LogP contribution in [-0.4, -0.2) is 28.4 Å². The number of nitrogens with zero attached hydrogens (tertiary/aromatic N) is 2. The van der Waals surface area contributed by atoms with Gasteiger partial charge >= 0.3 is 0 Å². The van der Waals surface area contributed by atoms with Gasteiger partial charge in [-0.25, -0.2) is 4.98 Å². The van der Waals surface area contributed by atoms with Crippen molar-refractivity contribution in [2.24, 2.45) is 0 Å². The average molecular weight is 374 g/mol. The van der Waals surface area contributed by atoms with E-state index >= 15 is 0 Å². The molecule has 4 rings (SSSR count). The topological polar surface area (TPSA) is 56.5 Å². The molecule has 0 aliphatic carbocycles. The summed E-state index contributed by atoms with van der Waals surface area (Å²) >= 11 is 0. The molecule has 3 aromatic carbocycles. The second kappa shape index (κ2) is 8.15. The van der Waals surface area contributed by atoms with Crippen LogP contribution >= 0.6 is 0 Å². The van der Waals surface area contributed by atoms with E-state index in [1.165, 1.54) is 0 Å². The lowest BCUT2D eigenvalue weighted by Gasteiger charge is -2.15. The molecule has 0 aliphatic heterocycles. The van der Waals surface area contributed by atoms with Crippen molar-refractivity contribution in [3.63, 3.8) is 0 Å². The molecule has 0 saturated carbocycles. The maximum atomic E-state index is 10.9. The van der Waals surface area contributed by atoms with Gasteiger partial charge in [-0.3, -0.25) is 0 Å². The van der Waals surface area contributed by atoms with Crippen molar-refractivity contribution < 1.29 is 14.6 Å². The van der Waals surface area contributed by atoms with Crippen molar-refractivity contribution in [2.75, 3.05) is 13.7 Å². The number of aliphatic hydroxyl groups excluding tert-OH is 1. The lowest BCUT2D eigenvalue weighted by Crippen LogP contribution is -2.14. The first-order valence-corrected chi connectivity index (χ1v) is 9.21. The molecule has 142 valence electrons. The number of hydrogen-bond acceptors (Lipinski definition) is 4. The fraction of sp³-hybridized carbons (Fsp3) is 0.174. The fourth-order valence-electron chi connectivity index (χ4n) is 3.27. The maximum absolute atomic E-state index is 10.9. The zero-order valence-corrected chi connectivity index (χ0v) is 15.7. The smallest absolute Gasteiger partial charge is 0.143 e. The molecule has 1 heterocycles. The maximum Gasteiger partial charge on any atom is 0.143 e. The van der Waals surface area contributed by atoms with E-state index in [2.05, 4.69) is 4.98 Å². The molecule has 0 saturated heterocycles. The summed E-state index contributed by atoms with van der Waals surface area (Å²) < 4.78 is 13.2. The van der Waals surface area contributed by atoms with Crippen molar-refractivity contribution in [3.8, 4) is 11.5 Å². The van der Waals surface area contributed by atoms with Gasteiger partial charge in [-0.15, -0.1) is 0 Å². The van der Waals surface area contributed by atoms with Crippen LogP contribution in [0.5, 0.6) is 11.5 Å². The SMILES string of the molecule is COc1cccc(OCCn2c(C(O)c3ccccc3)nc3ccccc32)c1. The van der Waals surface area contributed by atoms with Crippen LogP contribution in [0, 0.1) is 0 Å². The lowest BCUT2D eigenvalue weighted by molar-refractivity contribution is 0.201. The Morgan fingerprint density at radius 2 is 1.68 bits per heavy atom. The van der Waals surface area contributed by atoms with Crippen LogP contribution < -0.4 is 9.47 Å². The van der Waals surface area contributed by atoms with E-state index in [9.17, 15) is 5.11 Å². The molecule has 0 aliphatic rings. The highest BCUT2D eigenvalue weighted by Gasteiger charge is 2.19. The highest BCUT2D eigenvalue weighted by molar-refractivity contribution is 5.76. The minimum atomic E-state index is -0.801. The van der Waals surface area contributed by atoms with Gasteiger partial charge in [0.05, 0.1) is 24.7 Å². The molecule has 4 aromatic rings. The molecule has 1 aromatic heterocycles. The Hall–Kier alpha value is -3.31. The number of hydrogen-bond donors (Lipinski definition) is 1. The van der Waals surface area contributed by atoms with E-state index in [0.29, 0.717) is 19.0 Å². The number of aromatic nitrogens is 2. The Balaban J connectivity index is 1.60. The minimum absolute atomic E-state index is 0.446. The molecule has 0 spiro atoms. The van der Waals surface area contributed by atoms with Gasteiger partial charge < -0.3 is 19.1 Å². The largest absolute Gasteiger partial charge is 0.497 e. The molecule has 1 N–H and O–H groups in total. The number of ether oxygens (including phenoxy) is 2. The lowest BCUT2D eigenvalue weighted by atomic mass is 10.1. The molecule has 0 radical (unpaired) electrons. The Bertz CT molecular complexity index is 1060. The van der Waals surface area contributed by atoms with Crippen LogP contribution in [0.3, 0.4) is 0 Å². The molecule has 0 bridgehead atoms. The summed E-state index contributed by atoms with van der Waals surface area (Å²) in [6.45, 7) is 1.01. The van der Waals surface area contributed by atoms with Crippen LogP contribution in [0.15, 0.2) is 78.9 Å². The van der Waals surface area contributed by atoms with Crippen LogP contribution in [-0.2, 0) is 6.54 Å². The summed E-state index contributed by atoms with van der Waals surface area (Å²) in [5.74, 6) is 2.11. The van der Waals surface area contributed by atoms with Crippen molar-refractivity contribution in [2.45, 2.75) is 12.6 Å². The Labute approximate surface area is 163 Å². The van der Waals surface area contributed by atoms with Gasteiger partial charge in [0, 0.05) is 6.07 Å². The van der Waals surface area contributed by atoms with E-state index in [1.807, 2.05) is 83.4 Å². The third-order valence-electron chi connectivity index (χ3n) is 4.67. The minimum Gasteiger partial charge on any atom is -0.497 e. The normalized spacial score (nSPS) is 12.1. The average Bonchev–Trinajstić information content (AvgIpc) is 3.13. The second-order valence-electron chi connectivity index (χ2n) is 6.45. The van der Waals surface area contributed by atoms with Gasteiger partial charge in [-0.1, -0.05) is 48.5 Å². The highest BCUT2D eigenvalue weighted by atomic mass is 16.5. The Morgan fingerprint density at radius 3 is 2.50 bits per heavy atom. The number of methoxy groups -OCH3 is 1. The third kappa shape index (κ3) is 3.70. The standard InChI is InChI=1S/C23H22N2O3/c1-27-18-10-7-11-19(16-18)28-15-14-25-21-13-6-5-12-20(21)24-23(25)22(26)17-8-3-2-4-9-17/h2-13,16,22,26H,14-15H2,1H3. The van der Waals surface area contributed by atoms with Gasteiger partial charge in [0.25, 0.3) is 0 Å². The Kier molecular flexibility index (Phi) is 5.26. The van der Waals surface area contributed by atoms with Crippen LogP contribution in [0.25, 0.3) is 11.0 Å². The van der Waals surface area contributed by atoms with Crippen LogP contribution in [0.2, 0.25) is 0 Å². The molecular weight excluding hydrogens is 352 g/mol. The molecule has 1 atom stereocenters. The number of imidazole rings is 1. The zero-order chi connectivity index (χ0) is 19.3. The van der Waals surface area contributed by atoms with Gasteiger partial charge in [0.1, 0.15) is 30.0 Å². The van der Waals surface area contributed by atoms with Crippen molar-refractivity contribution in [1.29, 1.82) is 0 Å². The monoisotopic (exact) mass is 374 g/mol. The molecule has 0 amide bonds. The predicted octanol–water partition coefficient (Wildman–Crippen LogP) is 4.21. The Morgan fingerprint density at radius 1 is 0.929 bits per heavy atom. The van der Waals surface area contributed by atoms with E-state index < -0.39 is 6.10 Å². The number of fused-ring (bicyclic) bond motifs is 1. The van der Waals surface area contributed by atoms with Gasteiger partial charge in [-0.05, 0) is 29.8 Å². The summed E-state index contributed by atoms with van der Waals surface area (Å²) in [4.78, 5) is 4.68. The molecule has 28 heavy (non-hydrogen) atoms. The summed E-state index contributed by atoms with van der Waals surface area (Å²) in [5.41, 5.74) is 2.64. The van der Waals surface area contributed by atoms with Crippen LogP contribution in [0.1, 0.15) is 17.5 Å². The van der Waals surface area contributed by atoms with Crippen molar-refractivity contribution >= 4 is 11.0 Å². The van der Waals surface area contributed by atoms with Gasteiger partial charge in [0.2, 0.25) is 0 Å². The summed E-state index contributed by atoms with van der Waals surface area (Å²) in [5, 5.41) is 10.9. The van der Waals surface area contributed by atoms with E-state index in [4.69, 9.17) is 9.47 Å². The molecule has 0 fully saturated rings. The zero-order valence-electron chi connectivity index (χ0n) is 15.7. The summed E-state index contributed by atoms with van der Waals surface area (Å²) in [7, 11) is 1.63. The number of para-hydroxylation sites is 2. The highest BCUT2D eigenvalue weighted by Crippen LogP contribution is 2.26. The van der Waals surface area contributed by atoms with Gasteiger partial charge in [0.15, 0.2) is 0 Å². The van der Waals surface area contributed by atoms with Gasteiger partial charge in [-0.2, -0.15) is 0 Å².